The van der Waals surface area contributed by atoms with Crippen LogP contribution in [0.15, 0.2) is 12.7 Å². The van der Waals surface area contributed by atoms with Gasteiger partial charge in [-0.3, -0.25) is 4.90 Å². The van der Waals surface area contributed by atoms with Gasteiger partial charge in [-0.2, -0.15) is 0 Å². The Labute approximate surface area is 62.5 Å². The third kappa shape index (κ3) is 2.78. The number of aldehydes is 1. The summed E-state index contributed by atoms with van der Waals surface area (Å²) in [5, 5.41) is 0. The van der Waals surface area contributed by atoms with E-state index < -0.39 is 0 Å². The lowest BCUT2D eigenvalue weighted by Gasteiger charge is -2.18. The van der Waals surface area contributed by atoms with Gasteiger partial charge >= 0.3 is 0 Å². The molecule has 0 aromatic rings. The second kappa shape index (κ2) is 5.18. The van der Waals surface area contributed by atoms with Crippen LogP contribution in [0.2, 0.25) is 0 Å². The molecule has 10 heavy (non-hydrogen) atoms. The van der Waals surface area contributed by atoms with Crippen LogP contribution >= 0.6 is 0 Å². The molecule has 0 aromatic carbocycles. The third-order valence-corrected chi connectivity index (χ3v) is 1.47. The Morgan fingerprint density at radius 3 is 2.60 bits per heavy atom. The summed E-state index contributed by atoms with van der Waals surface area (Å²) in [4.78, 5) is 12.3. The predicted octanol–water partition coefficient (Wildman–Crippen LogP) is 1.08. The van der Waals surface area contributed by atoms with Crippen LogP contribution in [0.3, 0.4) is 0 Å². The molecule has 2 nitrogen and oxygen atoms in total. The van der Waals surface area contributed by atoms with Crippen molar-refractivity contribution in [3.05, 3.63) is 12.7 Å². The highest BCUT2D eigenvalue weighted by atomic mass is 16.1. The van der Waals surface area contributed by atoms with E-state index in [1.54, 1.807) is 6.08 Å². The maximum absolute atomic E-state index is 10.3. The summed E-state index contributed by atoms with van der Waals surface area (Å²) in [7, 11) is 1.92. The van der Waals surface area contributed by atoms with Gasteiger partial charge in [-0.25, -0.2) is 0 Å². The quantitative estimate of drug-likeness (QED) is 0.422. The van der Waals surface area contributed by atoms with Gasteiger partial charge < -0.3 is 4.79 Å². The third-order valence-electron chi connectivity index (χ3n) is 1.47. The molecule has 0 aliphatic carbocycles. The van der Waals surface area contributed by atoms with E-state index in [9.17, 15) is 4.79 Å². The van der Waals surface area contributed by atoms with E-state index in [-0.39, 0.29) is 6.04 Å². The van der Waals surface area contributed by atoms with Crippen LogP contribution in [0.5, 0.6) is 0 Å². The molecular weight excluding hydrogens is 126 g/mol. The molecule has 0 radical (unpaired) electrons. The lowest BCUT2D eigenvalue weighted by Crippen LogP contribution is -2.31. The van der Waals surface area contributed by atoms with E-state index in [1.165, 1.54) is 0 Å². The molecule has 0 rings (SSSR count). The molecule has 0 fully saturated rings. The molecule has 0 amide bonds. The van der Waals surface area contributed by atoms with Gasteiger partial charge in [0.25, 0.3) is 0 Å². The molecule has 0 aliphatic heterocycles. The molecule has 0 aromatic heterocycles. The molecule has 0 bridgehead atoms. The minimum Gasteiger partial charge on any atom is -0.301 e. The number of rotatable bonds is 5. The van der Waals surface area contributed by atoms with Crippen LogP contribution in [-0.2, 0) is 4.79 Å². The molecule has 0 saturated heterocycles. The molecule has 0 spiro atoms. The summed E-state index contributed by atoms with van der Waals surface area (Å²) in [5.74, 6) is 0. The van der Waals surface area contributed by atoms with Crippen LogP contribution in [0, 0.1) is 0 Å². The minimum absolute atomic E-state index is 0.111. The summed E-state index contributed by atoms with van der Waals surface area (Å²) < 4.78 is 0. The van der Waals surface area contributed by atoms with Crippen molar-refractivity contribution >= 4 is 6.29 Å². The molecule has 2 heteroatoms. The highest BCUT2D eigenvalue weighted by Gasteiger charge is 2.06. The van der Waals surface area contributed by atoms with Gasteiger partial charge in [-0.15, -0.1) is 6.58 Å². The number of hydrogen-bond acceptors (Lipinski definition) is 2. The Balaban J connectivity index is 3.75. The second-order valence-corrected chi connectivity index (χ2v) is 2.34. The molecule has 0 heterocycles. The standard InChI is InChI=1S/C8H15NO/c1-4-6-9(3)8(5-2)7-10/h5,7-8H,2,4,6H2,1,3H3/t8-/m1/s1. The SMILES string of the molecule is C=C[C@H](C=O)N(C)CCC. The Morgan fingerprint density at radius 1 is 1.70 bits per heavy atom. The fraction of sp³-hybridized carbons (Fsp3) is 0.625. The van der Waals surface area contributed by atoms with Crippen molar-refractivity contribution in [1.29, 1.82) is 0 Å². The lowest BCUT2D eigenvalue weighted by atomic mass is 10.3. The summed E-state index contributed by atoms with van der Waals surface area (Å²) in [5.41, 5.74) is 0. The van der Waals surface area contributed by atoms with E-state index in [0.29, 0.717) is 0 Å². The fourth-order valence-corrected chi connectivity index (χ4v) is 0.841. The fourth-order valence-electron chi connectivity index (χ4n) is 0.841. The number of nitrogens with zero attached hydrogens (tertiary/aromatic N) is 1. The number of carbonyl (C=O) groups is 1. The topological polar surface area (TPSA) is 20.3 Å². The first kappa shape index (κ1) is 9.37. The van der Waals surface area contributed by atoms with Crippen molar-refractivity contribution in [2.75, 3.05) is 13.6 Å². The minimum atomic E-state index is -0.111. The number of carbonyl (C=O) groups excluding carboxylic acids is 1. The van der Waals surface area contributed by atoms with E-state index in [2.05, 4.69) is 13.5 Å². The van der Waals surface area contributed by atoms with Crippen molar-refractivity contribution in [2.24, 2.45) is 0 Å². The smallest absolute Gasteiger partial charge is 0.141 e. The first-order chi connectivity index (χ1) is 4.76. The van der Waals surface area contributed by atoms with Gasteiger partial charge in [0.2, 0.25) is 0 Å². The molecule has 1 atom stereocenters. The summed E-state index contributed by atoms with van der Waals surface area (Å²) >= 11 is 0. The zero-order chi connectivity index (χ0) is 7.98. The van der Waals surface area contributed by atoms with Crippen molar-refractivity contribution in [3.8, 4) is 0 Å². The Hall–Kier alpha value is -0.630. The molecule has 0 unspecified atom stereocenters. The van der Waals surface area contributed by atoms with Gasteiger partial charge in [0, 0.05) is 0 Å². The average Bonchev–Trinajstić information content (AvgIpc) is 1.91. The van der Waals surface area contributed by atoms with Crippen LogP contribution in [0.1, 0.15) is 13.3 Å². The van der Waals surface area contributed by atoms with Crippen molar-refractivity contribution in [3.63, 3.8) is 0 Å². The summed E-state index contributed by atoms with van der Waals surface area (Å²) in [6, 6.07) is -0.111. The molecule has 58 valence electrons. The zero-order valence-electron chi connectivity index (χ0n) is 6.71. The Bertz CT molecular complexity index is 104. The normalized spacial score (nSPS) is 13.1. The van der Waals surface area contributed by atoms with E-state index in [4.69, 9.17) is 0 Å². The monoisotopic (exact) mass is 141 g/mol. The average molecular weight is 141 g/mol. The van der Waals surface area contributed by atoms with Gasteiger partial charge in [0.1, 0.15) is 6.29 Å². The van der Waals surface area contributed by atoms with Crippen LogP contribution in [-0.4, -0.2) is 30.8 Å². The maximum atomic E-state index is 10.3. The van der Waals surface area contributed by atoms with Gasteiger partial charge in [-0.05, 0) is 20.0 Å². The van der Waals surface area contributed by atoms with Crippen molar-refractivity contribution in [2.45, 2.75) is 19.4 Å². The van der Waals surface area contributed by atoms with Gasteiger partial charge in [0.05, 0.1) is 6.04 Å². The molecular formula is C8H15NO. The first-order valence-corrected chi connectivity index (χ1v) is 3.54. The summed E-state index contributed by atoms with van der Waals surface area (Å²) in [6.07, 6.45) is 3.62. The van der Waals surface area contributed by atoms with Crippen molar-refractivity contribution in [1.82, 2.24) is 4.90 Å². The Morgan fingerprint density at radius 2 is 2.30 bits per heavy atom. The second-order valence-electron chi connectivity index (χ2n) is 2.34. The van der Waals surface area contributed by atoms with Gasteiger partial charge in [-0.1, -0.05) is 13.0 Å². The van der Waals surface area contributed by atoms with Crippen molar-refractivity contribution < 1.29 is 4.79 Å². The van der Waals surface area contributed by atoms with E-state index in [1.807, 2.05) is 11.9 Å². The van der Waals surface area contributed by atoms with E-state index >= 15 is 0 Å². The lowest BCUT2D eigenvalue weighted by molar-refractivity contribution is -0.110. The van der Waals surface area contributed by atoms with Crippen LogP contribution in [0.25, 0.3) is 0 Å². The molecule has 0 saturated carbocycles. The van der Waals surface area contributed by atoms with Crippen LogP contribution < -0.4 is 0 Å². The first-order valence-electron chi connectivity index (χ1n) is 3.54. The summed E-state index contributed by atoms with van der Waals surface area (Å²) in [6.45, 7) is 6.59. The predicted molar refractivity (Wildman–Crippen MR) is 43.0 cm³/mol. The van der Waals surface area contributed by atoms with Gasteiger partial charge in [0.15, 0.2) is 0 Å². The highest BCUT2D eigenvalue weighted by molar-refractivity contribution is 5.60. The molecule has 0 aliphatic rings. The number of likely N-dealkylation sites (N-methyl/N-ethyl adjacent to an activating group) is 1. The molecule has 0 N–H and O–H groups in total. The number of hydrogen-bond donors (Lipinski definition) is 0. The van der Waals surface area contributed by atoms with Crippen LogP contribution in [0.4, 0.5) is 0 Å². The largest absolute Gasteiger partial charge is 0.301 e. The van der Waals surface area contributed by atoms with E-state index in [0.717, 1.165) is 19.3 Å². The maximum Gasteiger partial charge on any atom is 0.141 e. The highest BCUT2D eigenvalue weighted by Crippen LogP contribution is 1.94. The zero-order valence-corrected chi connectivity index (χ0v) is 6.71. The Kier molecular flexibility index (Phi) is 4.85.